The van der Waals surface area contributed by atoms with Crippen molar-refractivity contribution in [1.29, 1.82) is 0 Å². The number of Topliss-reactive ketones (excluding diaryl/α,β-unsaturated/α-hetero) is 1. The van der Waals surface area contributed by atoms with Crippen molar-refractivity contribution in [3.05, 3.63) is 41.5 Å². The molecule has 1 saturated heterocycles. The summed E-state index contributed by atoms with van der Waals surface area (Å²) in [7, 11) is 1.63. The number of benzene rings is 2. The number of methoxy groups -OCH3 is 1. The first-order valence-electron chi connectivity index (χ1n) is 7.41. The normalized spacial score (nSPS) is 21.5. The highest BCUT2D eigenvalue weighted by molar-refractivity contribution is 6.20. The molecule has 4 nitrogen and oxygen atoms in total. The standard InChI is InChI=1S/C18H18O4/c1-17(2)9-21-18(22-10-17)13-6-4-5-11-14(20-3)8-7-12(15(11)13)16(18)19/h4-8H,9-10H2,1-3H3. The Bertz CT molecular complexity index is 781. The molecular weight excluding hydrogens is 280 g/mol. The number of carbonyl (C=O) groups is 1. The molecule has 4 heteroatoms. The maximum absolute atomic E-state index is 13.0. The molecule has 0 amide bonds. The van der Waals surface area contributed by atoms with Crippen LogP contribution in [0.3, 0.4) is 0 Å². The van der Waals surface area contributed by atoms with Gasteiger partial charge in [0, 0.05) is 27.3 Å². The van der Waals surface area contributed by atoms with Crippen molar-refractivity contribution in [1.82, 2.24) is 0 Å². The summed E-state index contributed by atoms with van der Waals surface area (Å²) >= 11 is 0. The average Bonchev–Trinajstić information content (AvgIpc) is 2.75. The minimum absolute atomic E-state index is 0.0914. The largest absolute Gasteiger partial charge is 0.496 e. The fourth-order valence-corrected chi connectivity index (χ4v) is 3.28. The van der Waals surface area contributed by atoms with Crippen LogP contribution in [-0.4, -0.2) is 26.1 Å². The molecule has 0 atom stereocenters. The van der Waals surface area contributed by atoms with Crippen molar-refractivity contribution in [3.8, 4) is 5.75 Å². The van der Waals surface area contributed by atoms with Crippen LogP contribution < -0.4 is 4.74 Å². The minimum atomic E-state index is -1.29. The van der Waals surface area contributed by atoms with E-state index >= 15 is 0 Å². The van der Waals surface area contributed by atoms with Crippen LogP contribution in [0.4, 0.5) is 0 Å². The van der Waals surface area contributed by atoms with Crippen molar-refractivity contribution < 1.29 is 19.0 Å². The summed E-state index contributed by atoms with van der Waals surface area (Å²) < 4.78 is 17.4. The van der Waals surface area contributed by atoms with Crippen molar-refractivity contribution in [2.45, 2.75) is 19.6 Å². The number of rotatable bonds is 1. The van der Waals surface area contributed by atoms with Gasteiger partial charge >= 0.3 is 0 Å². The first-order valence-corrected chi connectivity index (χ1v) is 7.41. The SMILES string of the molecule is COc1ccc2c3c(cccc13)C1(OCC(C)(C)CO1)C2=O. The number of hydrogen-bond acceptors (Lipinski definition) is 4. The van der Waals surface area contributed by atoms with Gasteiger partial charge in [0.25, 0.3) is 5.79 Å². The number of carbonyl (C=O) groups excluding carboxylic acids is 1. The lowest BCUT2D eigenvalue weighted by molar-refractivity contribution is -0.273. The van der Waals surface area contributed by atoms with E-state index in [9.17, 15) is 4.79 Å². The zero-order valence-corrected chi connectivity index (χ0v) is 12.9. The van der Waals surface area contributed by atoms with Crippen molar-refractivity contribution in [2.75, 3.05) is 20.3 Å². The van der Waals surface area contributed by atoms with Crippen LogP contribution in [0.25, 0.3) is 10.8 Å². The molecular formula is C18H18O4. The summed E-state index contributed by atoms with van der Waals surface area (Å²) in [6.07, 6.45) is 0. The Labute approximate surface area is 129 Å². The van der Waals surface area contributed by atoms with E-state index in [0.29, 0.717) is 18.8 Å². The van der Waals surface area contributed by atoms with Gasteiger partial charge in [0.2, 0.25) is 5.78 Å². The monoisotopic (exact) mass is 298 g/mol. The second-order valence-electron chi connectivity index (χ2n) is 6.73. The lowest BCUT2D eigenvalue weighted by Gasteiger charge is -2.40. The van der Waals surface area contributed by atoms with Gasteiger partial charge in [-0.05, 0) is 12.1 Å². The lowest BCUT2D eigenvalue weighted by Crippen LogP contribution is -2.48. The predicted octanol–water partition coefficient (Wildman–Crippen LogP) is 3.27. The molecule has 2 aromatic rings. The second kappa shape index (κ2) is 4.31. The molecule has 4 rings (SSSR count). The van der Waals surface area contributed by atoms with Gasteiger partial charge < -0.3 is 14.2 Å². The highest BCUT2D eigenvalue weighted by atomic mass is 16.7. The quantitative estimate of drug-likeness (QED) is 0.810. The third kappa shape index (κ3) is 1.62. The Morgan fingerprint density at radius 3 is 2.50 bits per heavy atom. The molecule has 0 unspecified atom stereocenters. The smallest absolute Gasteiger partial charge is 0.261 e. The van der Waals surface area contributed by atoms with Gasteiger partial charge in [-0.25, -0.2) is 0 Å². The summed E-state index contributed by atoms with van der Waals surface area (Å²) in [5.74, 6) is -0.651. The van der Waals surface area contributed by atoms with Crippen LogP contribution >= 0.6 is 0 Å². The zero-order chi connectivity index (χ0) is 15.5. The van der Waals surface area contributed by atoms with Gasteiger partial charge in [0.15, 0.2) is 0 Å². The maximum atomic E-state index is 13.0. The summed E-state index contributed by atoms with van der Waals surface area (Å²) in [5, 5.41) is 1.80. The summed E-state index contributed by atoms with van der Waals surface area (Å²) in [6.45, 7) is 5.10. The highest BCUT2D eigenvalue weighted by Gasteiger charge is 2.53. The number of ketones is 1. The third-order valence-electron chi connectivity index (χ3n) is 4.45. The van der Waals surface area contributed by atoms with Gasteiger partial charge in [0.05, 0.1) is 20.3 Å². The molecule has 0 saturated carbocycles. The van der Waals surface area contributed by atoms with Crippen molar-refractivity contribution in [2.24, 2.45) is 5.41 Å². The first kappa shape index (κ1) is 13.7. The molecule has 22 heavy (non-hydrogen) atoms. The van der Waals surface area contributed by atoms with Gasteiger partial charge in [-0.1, -0.05) is 32.0 Å². The van der Waals surface area contributed by atoms with Gasteiger partial charge in [-0.3, -0.25) is 4.79 Å². The molecule has 1 heterocycles. The van der Waals surface area contributed by atoms with Crippen LogP contribution in [-0.2, 0) is 15.3 Å². The second-order valence-corrected chi connectivity index (χ2v) is 6.73. The van der Waals surface area contributed by atoms with Gasteiger partial charge in [-0.15, -0.1) is 0 Å². The third-order valence-corrected chi connectivity index (χ3v) is 4.45. The first-order chi connectivity index (χ1) is 10.5. The fourth-order valence-electron chi connectivity index (χ4n) is 3.28. The molecule has 1 aliphatic heterocycles. The van der Waals surface area contributed by atoms with E-state index < -0.39 is 5.79 Å². The van der Waals surface area contributed by atoms with Crippen LogP contribution in [0.2, 0.25) is 0 Å². The Kier molecular flexibility index (Phi) is 2.69. The zero-order valence-electron chi connectivity index (χ0n) is 12.9. The Hall–Kier alpha value is -1.91. The molecule has 0 radical (unpaired) electrons. The Balaban J connectivity index is 1.95. The van der Waals surface area contributed by atoms with E-state index in [-0.39, 0.29) is 11.2 Å². The van der Waals surface area contributed by atoms with E-state index in [0.717, 1.165) is 22.1 Å². The number of ether oxygens (including phenoxy) is 3. The topological polar surface area (TPSA) is 44.8 Å². The van der Waals surface area contributed by atoms with E-state index in [2.05, 4.69) is 13.8 Å². The van der Waals surface area contributed by atoms with Crippen molar-refractivity contribution in [3.63, 3.8) is 0 Å². The highest BCUT2D eigenvalue weighted by Crippen LogP contribution is 2.49. The van der Waals surface area contributed by atoms with Crippen LogP contribution in [0.15, 0.2) is 30.3 Å². The molecule has 2 aromatic carbocycles. The lowest BCUT2D eigenvalue weighted by atomic mass is 9.93. The molecule has 0 bridgehead atoms. The maximum Gasteiger partial charge on any atom is 0.261 e. The fraction of sp³-hybridized carbons (Fsp3) is 0.389. The summed E-state index contributed by atoms with van der Waals surface area (Å²) in [4.78, 5) is 13.0. The van der Waals surface area contributed by atoms with Gasteiger partial charge in [0.1, 0.15) is 5.75 Å². The molecule has 1 aliphatic carbocycles. The molecule has 0 N–H and O–H groups in total. The van der Waals surface area contributed by atoms with Crippen LogP contribution in [0, 0.1) is 5.41 Å². The van der Waals surface area contributed by atoms with E-state index in [4.69, 9.17) is 14.2 Å². The summed E-state index contributed by atoms with van der Waals surface area (Å²) in [5.41, 5.74) is 1.34. The molecule has 1 fully saturated rings. The molecule has 0 aromatic heterocycles. The number of fused-ring (bicyclic) bond motifs is 1. The number of hydrogen-bond donors (Lipinski definition) is 0. The Morgan fingerprint density at radius 2 is 1.82 bits per heavy atom. The van der Waals surface area contributed by atoms with Crippen LogP contribution in [0.5, 0.6) is 5.75 Å². The average molecular weight is 298 g/mol. The Morgan fingerprint density at radius 1 is 1.09 bits per heavy atom. The van der Waals surface area contributed by atoms with E-state index in [1.54, 1.807) is 13.2 Å². The van der Waals surface area contributed by atoms with E-state index in [1.165, 1.54) is 0 Å². The predicted molar refractivity (Wildman–Crippen MR) is 82.2 cm³/mol. The molecule has 2 aliphatic rings. The minimum Gasteiger partial charge on any atom is -0.496 e. The molecule has 1 spiro atoms. The van der Waals surface area contributed by atoms with Crippen LogP contribution in [0.1, 0.15) is 29.8 Å². The molecule has 114 valence electrons. The van der Waals surface area contributed by atoms with E-state index in [1.807, 2.05) is 24.3 Å². The van der Waals surface area contributed by atoms with Crippen molar-refractivity contribution >= 4 is 16.6 Å². The summed E-state index contributed by atoms with van der Waals surface area (Å²) in [6, 6.07) is 9.41. The van der Waals surface area contributed by atoms with Gasteiger partial charge in [-0.2, -0.15) is 0 Å².